The Morgan fingerprint density at radius 1 is 1.30 bits per heavy atom. The molecule has 4 aromatic heterocycles. The molecule has 11 heteroatoms. The summed E-state index contributed by atoms with van der Waals surface area (Å²) in [7, 11) is 0. The molecule has 7 nitrogen and oxygen atoms in total. The monoisotopic (exact) mass is 379 g/mol. The third-order valence-corrected chi connectivity index (χ3v) is 6.89. The van der Waals surface area contributed by atoms with Gasteiger partial charge in [-0.25, -0.2) is 19.6 Å². The Labute approximate surface area is 147 Å². The summed E-state index contributed by atoms with van der Waals surface area (Å²) in [6, 6.07) is 4.09. The molecule has 0 bridgehead atoms. The SMILES string of the molecule is CSc1nc2ncnc(Sc3nnnn3Cc3cccs3)c2s1. The van der Waals surface area contributed by atoms with Crippen LogP contribution in [0.5, 0.6) is 0 Å². The van der Waals surface area contributed by atoms with Crippen molar-refractivity contribution >= 4 is 56.5 Å². The number of nitrogens with zero attached hydrogens (tertiary/aromatic N) is 7. The molecule has 116 valence electrons. The molecule has 0 saturated heterocycles. The second-order valence-corrected chi connectivity index (χ2v) is 8.36. The van der Waals surface area contributed by atoms with E-state index in [1.54, 1.807) is 39.1 Å². The molecule has 4 aromatic rings. The average Bonchev–Trinajstić information content (AvgIpc) is 3.29. The average molecular weight is 380 g/mol. The number of thioether (sulfide) groups is 1. The van der Waals surface area contributed by atoms with Crippen molar-refractivity contribution in [2.75, 3.05) is 6.26 Å². The van der Waals surface area contributed by atoms with Gasteiger partial charge in [0.1, 0.15) is 16.1 Å². The lowest BCUT2D eigenvalue weighted by atomic mass is 10.5. The van der Waals surface area contributed by atoms with Gasteiger partial charge in [-0.3, -0.25) is 0 Å². The largest absolute Gasteiger partial charge is 0.228 e. The van der Waals surface area contributed by atoms with Crippen LogP contribution in [0.1, 0.15) is 4.88 Å². The highest BCUT2D eigenvalue weighted by molar-refractivity contribution is 8.00. The van der Waals surface area contributed by atoms with E-state index >= 15 is 0 Å². The summed E-state index contributed by atoms with van der Waals surface area (Å²) < 4.78 is 3.72. The zero-order valence-electron chi connectivity index (χ0n) is 11.8. The molecular weight excluding hydrogens is 370 g/mol. The molecular formula is C12H9N7S4. The zero-order chi connectivity index (χ0) is 15.6. The van der Waals surface area contributed by atoms with Crippen LogP contribution in [-0.4, -0.2) is 41.4 Å². The second kappa shape index (κ2) is 6.51. The van der Waals surface area contributed by atoms with Crippen molar-refractivity contribution < 1.29 is 0 Å². The van der Waals surface area contributed by atoms with Crippen LogP contribution >= 0.6 is 46.2 Å². The third kappa shape index (κ3) is 3.09. The van der Waals surface area contributed by atoms with Gasteiger partial charge >= 0.3 is 0 Å². The van der Waals surface area contributed by atoms with E-state index in [-0.39, 0.29) is 0 Å². The molecule has 0 amide bonds. The minimum absolute atomic E-state index is 0.653. The first-order valence-corrected chi connectivity index (χ1v) is 10.2. The number of fused-ring (bicyclic) bond motifs is 1. The van der Waals surface area contributed by atoms with E-state index < -0.39 is 0 Å². The highest BCUT2D eigenvalue weighted by Crippen LogP contribution is 2.35. The van der Waals surface area contributed by atoms with Crippen molar-refractivity contribution in [1.82, 2.24) is 35.2 Å². The van der Waals surface area contributed by atoms with E-state index in [4.69, 9.17) is 0 Å². The number of thiazole rings is 1. The summed E-state index contributed by atoms with van der Waals surface area (Å²) in [5.74, 6) is 0. The van der Waals surface area contributed by atoms with Crippen LogP contribution in [0.25, 0.3) is 10.3 Å². The van der Waals surface area contributed by atoms with E-state index in [1.165, 1.54) is 23.0 Å². The molecule has 0 aliphatic carbocycles. The predicted molar refractivity (Wildman–Crippen MR) is 92.4 cm³/mol. The molecule has 4 heterocycles. The van der Waals surface area contributed by atoms with Crippen LogP contribution in [0, 0.1) is 0 Å². The van der Waals surface area contributed by atoms with Crippen molar-refractivity contribution in [2.24, 2.45) is 0 Å². The quantitative estimate of drug-likeness (QED) is 0.386. The fourth-order valence-corrected chi connectivity index (χ4v) is 4.95. The molecule has 0 fully saturated rings. The van der Waals surface area contributed by atoms with Crippen LogP contribution in [-0.2, 0) is 6.54 Å². The third-order valence-electron chi connectivity index (χ3n) is 2.89. The molecule has 0 spiro atoms. The number of aromatic nitrogens is 7. The molecule has 23 heavy (non-hydrogen) atoms. The Morgan fingerprint density at radius 2 is 2.26 bits per heavy atom. The minimum atomic E-state index is 0.653. The summed E-state index contributed by atoms with van der Waals surface area (Å²) in [6.07, 6.45) is 3.53. The highest BCUT2D eigenvalue weighted by atomic mass is 32.2. The Bertz CT molecular complexity index is 930. The lowest BCUT2D eigenvalue weighted by Crippen LogP contribution is -2.02. The second-order valence-electron chi connectivity index (χ2n) is 4.32. The van der Waals surface area contributed by atoms with Gasteiger partial charge in [0.15, 0.2) is 9.99 Å². The van der Waals surface area contributed by atoms with Gasteiger partial charge in [-0.2, -0.15) is 0 Å². The summed E-state index contributed by atoms with van der Waals surface area (Å²) in [6.45, 7) is 0.653. The summed E-state index contributed by atoms with van der Waals surface area (Å²) in [5, 5.41) is 15.5. The van der Waals surface area contributed by atoms with Crippen LogP contribution in [0.2, 0.25) is 0 Å². The Morgan fingerprint density at radius 3 is 3.09 bits per heavy atom. The van der Waals surface area contributed by atoms with Gasteiger partial charge in [-0.1, -0.05) is 17.8 Å². The van der Waals surface area contributed by atoms with Gasteiger partial charge in [0.2, 0.25) is 5.16 Å². The van der Waals surface area contributed by atoms with Gasteiger partial charge in [0.25, 0.3) is 0 Å². The van der Waals surface area contributed by atoms with Crippen molar-refractivity contribution in [3.63, 3.8) is 0 Å². The maximum absolute atomic E-state index is 4.46. The van der Waals surface area contributed by atoms with Gasteiger partial charge < -0.3 is 0 Å². The van der Waals surface area contributed by atoms with Crippen molar-refractivity contribution in [3.8, 4) is 0 Å². The molecule has 0 saturated carbocycles. The fourth-order valence-electron chi connectivity index (χ4n) is 1.88. The zero-order valence-corrected chi connectivity index (χ0v) is 15.0. The van der Waals surface area contributed by atoms with E-state index in [1.807, 2.05) is 17.7 Å². The lowest BCUT2D eigenvalue weighted by molar-refractivity contribution is 0.608. The van der Waals surface area contributed by atoms with E-state index in [0.29, 0.717) is 17.3 Å². The van der Waals surface area contributed by atoms with Gasteiger partial charge in [-0.05, 0) is 39.9 Å². The maximum Gasteiger partial charge on any atom is 0.216 e. The van der Waals surface area contributed by atoms with Crippen molar-refractivity contribution in [3.05, 3.63) is 28.7 Å². The molecule has 0 aliphatic heterocycles. The number of rotatable bonds is 5. The highest BCUT2D eigenvalue weighted by Gasteiger charge is 2.15. The minimum Gasteiger partial charge on any atom is -0.228 e. The number of thiophene rings is 1. The maximum atomic E-state index is 4.46. The van der Waals surface area contributed by atoms with Gasteiger partial charge in [0, 0.05) is 4.88 Å². The van der Waals surface area contributed by atoms with E-state index in [2.05, 4.69) is 36.5 Å². The molecule has 0 aromatic carbocycles. The molecule has 0 N–H and O–H groups in total. The number of hydrogen-bond donors (Lipinski definition) is 0. The molecule has 0 aliphatic rings. The molecule has 0 unspecified atom stereocenters. The van der Waals surface area contributed by atoms with Crippen LogP contribution in [0.3, 0.4) is 0 Å². The first-order chi connectivity index (χ1) is 11.3. The number of tetrazole rings is 1. The first kappa shape index (κ1) is 15.0. The van der Waals surface area contributed by atoms with Crippen LogP contribution in [0.4, 0.5) is 0 Å². The van der Waals surface area contributed by atoms with Crippen LogP contribution < -0.4 is 0 Å². The Kier molecular flexibility index (Phi) is 4.25. The fraction of sp³-hybridized carbons (Fsp3) is 0.167. The normalized spacial score (nSPS) is 11.3. The Balaban J connectivity index is 1.66. The predicted octanol–water partition coefficient (Wildman–Crippen LogP) is 3.06. The lowest BCUT2D eigenvalue weighted by Gasteiger charge is -2.02. The van der Waals surface area contributed by atoms with E-state index in [0.717, 1.165) is 14.1 Å². The van der Waals surface area contributed by atoms with Crippen molar-refractivity contribution in [1.29, 1.82) is 0 Å². The topological polar surface area (TPSA) is 82.3 Å². The summed E-state index contributed by atoms with van der Waals surface area (Å²) in [4.78, 5) is 14.3. The van der Waals surface area contributed by atoms with Gasteiger partial charge in [-0.15, -0.1) is 27.8 Å². The van der Waals surface area contributed by atoms with Crippen molar-refractivity contribution in [2.45, 2.75) is 21.1 Å². The number of hydrogen-bond acceptors (Lipinski definition) is 10. The molecule has 0 atom stereocenters. The molecule has 4 rings (SSSR count). The van der Waals surface area contributed by atoms with Gasteiger partial charge in [0.05, 0.1) is 6.54 Å². The Hall–Kier alpha value is -1.56. The smallest absolute Gasteiger partial charge is 0.216 e. The first-order valence-electron chi connectivity index (χ1n) is 6.45. The standard InChI is InChI=1S/C12H9N7S4/c1-20-12-15-9-8(22-12)10(14-6-13-9)23-11-16-17-18-19(11)5-7-3-2-4-21-7/h2-4,6H,5H2,1H3. The molecule has 0 radical (unpaired) electrons. The van der Waals surface area contributed by atoms with Crippen LogP contribution in [0.15, 0.2) is 38.4 Å². The van der Waals surface area contributed by atoms with E-state index in [9.17, 15) is 0 Å². The summed E-state index contributed by atoms with van der Waals surface area (Å²) in [5.41, 5.74) is 0.717. The summed E-state index contributed by atoms with van der Waals surface area (Å²) >= 11 is 6.31.